The summed E-state index contributed by atoms with van der Waals surface area (Å²) in [6.07, 6.45) is 4.31. The molecule has 2 saturated heterocycles. The van der Waals surface area contributed by atoms with Gasteiger partial charge in [-0.3, -0.25) is 14.8 Å². The molecule has 0 saturated carbocycles. The van der Waals surface area contributed by atoms with Gasteiger partial charge in [-0.15, -0.1) is 0 Å². The fourth-order valence-corrected chi connectivity index (χ4v) is 2.84. The summed E-state index contributed by atoms with van der Waals surface area (Å²) in [6.45, 7) is 1.71. The minimum atomic E-state index is -0.890. The first-order valence-electron chi connectivity index (χ1n) is 5.86. The largest absolute Gasteiger partial charge is 0.348 e. The van der Waals surface area contributed by atoms with Crippen molar-refractivity contribution in [3.63, 3.8) is 0 Å². The highest BCUT2D eigenvalue weighted by molar-refractivity contribution is 5.93. The number of H-pyrrole nitrogens is 1. The van der Waals surface area contributed by atoms with Gasteiger partial charge in [0.25, 0.3) is 5.91 Å². The molecule has 0 spiro atoms. The Balaban J connectivity index is 1.94. The van der Waals surface area contributed by atoms with E-state index < -0.39 is 17.6 Å². The van der Waals surface area contributed by atoms with Crippen molar-refractivity contribution in [2.75, 3.05) is 0 Å². The van der Waals surface area contributed by atoms with E-state index in [1.165, 1.54) is 11.2 Å². The van der Waals surface area contributed by atoms with Crippen LogP contribution in [0.3, 0.4) is 0 Å². The zero-order chi connectivity index (χ0) is 12.9. The SMILES string of the molecule is C[C@@]12CCC(=O)N1[C@@H](Cc1cnc[nH]1)C(=O)N2O. The van der Waals surface area contributed by atoms with Crippen LogP contribution in [0.4, 0.5) is 0 Å². The molecular formula is C11H14N4O3. The number of amides is 2. The second-order valence-electron chi connectivity index (χ2n) is 4.93. The molecule has 3 heterocycles. The van der Waals surface area contributed by atoms with E-state index in [-0.39, 0.29) is 5.91 Å². The molecule has 2 atom stereocenters. The second-order valence-corrected chi connectivity index (χ2v) is 4.93. The summed E-state index contributed by atoms with van der Waals surface area (Å²) in [5.74, 6) is -0.521. The fraction of sp³-hybridized carbons (Fsp3) is 0.545. The Morgan fingerprint density at radius 2 is 2.39 bits per heavy atom. The summed E-state index contributed by atoms with van der Waals surface area (Å²) in [6, 6.07) is -0.643. The Morgan fingerprint density at radius 3 is 3.06 bits per heavy atom. The van der Waals surface area contributed by atoms with Crippen molar-refractivity contribution >= 4 is 11.8 Å². The lowest BCUT2D eigenvalue weighted by molar-refractivity contribution is -0.187. The highest BCUT2D eigenvalue weighted by Gasteiger charge is 2.59. The van der Waals surface area contributed by atoms with Crippen LogP contribution in [0.25, 0.3) is 0 Å². The van der Waals surface area contributed by atoms with Crippen LogP contribution < -0.4 is 0 Å². The number of fused-ring (bicyclic) bond motifs is 1. The maximum Gasteiger partial charge on any atom is 0.271 e. The van der Waals surface area contributed by atoms with Crippen LogP contribution in [0.5, 0.6) is 0 Å². The van der Waals surface area contributed by atoms with Crippen molar-refractivity contribution in [3.8, 4) is 0 Å². The molecule has 2 amide bonds. The molecule has 1 aromatic rings. The lowest BCUT2D eigenvalue weighted by Gasteiger charge is -2.31. The summed E-state index contributed by atoms with van der Waals surface area (Å²) in [5, 5.41) is 10.6. The summed E-state index contributed by atoms with van der Waals surface area (Å²) in [4.78, 5) is 32.2. The number of hydrogen-bond acceptors (Lipinski definition) is 4. The smallest absolute Gasteiger partial charge is 0.271 e. The van der Waals surface area contributed by atoms with Gasteiger partial charge in [-0.25, -0.2) is 4.98 Å². The summed E-state index contributed by atoms with van der Waals surface area (Å²) in [5.41, 5.74) is -0.121. The highest BCUT2D eigenvalue weighted by atomic mass is 16.5. The molecule has 18 heavy (non-hydrogen) atoms. The number of nitrogens with zero attached hydrogens (tertiary/aromatic N) is 3. The van der Waals surface area contributed by atoms with E-state index in [9.17, 15) is 14.8 Å². The number of aromatic amines is 1. The first kappa shape index (κ1) is 11.2. The molecule has 2 aliphatic rings. The molecule has 2 N–H and O–H groups in total. The van der Waals surface area contributed by atoms with Gasteiger partial charge in [0.1, 0.15) is 11.7 Å². The Kier molecular flexibility index (Phi) is 2.21. The molecule has 0 aliphatic carbocycles. The van der Waals surface area contributed by atoms with Gasteiger partial charge in [0.2, 0.25) is 5.91 Å². The molecule has 3 rings (SSSR count). The lowest BCUT2D eigenvalue weighted by atomic mass is 10.1. The van der Waals surface area contributed by atoms with E-state index in [0.717, 1.165) is 5.69 Å². The molecule has 0 bridgehead atoms. The van der Waals surface area contributed by atoms with Crippen LogP contribution in [-0.2, 0) is 16.0 Å². The normalized spacial score (nSPS) is 31.3. The van der Waals surface area contributed by atoms with Gasteiger partial charge < -0.3 is 9.88 Å². The van der Waals surface area contributed by atoms with Gasteiger partial charge in [-0.05, 0) is 6.92 Å². The van der Waals surface area contributed by atoms with Crippen LogP contribution >= 0.6 is 0 Å². The first-order chi connectivity index (χ1) is 8.54. The van der Waals surface area contributed by atoms with Crippen molar-refractivity contribution in [1.29, 1.82) is 0 Å². The predicted octanol–water partition coefficient (Wildman–Crippen LogP) is -0.109. The van der Waals surface area contributed by atoms with Crippen LogP contribution in [0.1, 0.15) is 25.5 Å². The third-order valence-corrected chi connectivity index (χ3v) is 3.83. The number of carbonyl (C=O) groups is 2. The van der Waals surface area contributed by atoms with Crippen LogP contribution in [-0.4, -0.2) is 48.7 Å². The van der Waals surface area contributed by atoms with Crippen molar-refractivity contribution in [1.82, 2.24) is 19.9 Å². The van der Waals surface area contributed by atoms with Crippen molar-refractivity contribution in [3.05, 3.63) is 18.2 Å². The van der Waals surface area contributed by atoms with E-state index in [1.807, 2.05) is 0 Å². The standard InChI is InChI=1S/C11H14N4O3/c1-11-3-2-9(16)14(11)8(10(17)15(11)18)4-7-5-12-6-13-7/h5-6,8,18H,2-4H2,1H3,(H,12,13)/t8-,11+/m0/s1. The number of nitrogens with one attached hydrogen (secondary N) is 1. The molecule has 7 nitrogen and oxygen atoms in total. The molecular weight excluding hydrogens is 236 g/mol. The number of hydroxylamine groups is 2. The summed E-state index contributed by atoms with van der Waals surface area (Å²) < 4.78 is 0. The van der Waals surface area contributed by atoms with Gasteiger partial charge >= 0.3 is 0 Å². The van der Waals surface area contributed by atoms with Gasteiger partial charge in [-0.2, -0.15) is 5.06 Å². The molecule has 96 valence electrons. The molecule has 7 heteroatoms. The minimum absolute atomic E-state index is 0.0908. The Hall–Kier alpha value is -1.89. The van der Waals surface area contributed by atoms with E-state index in [4.69, 9.17) is 0 Å². The van der Waals surface area contributed by atoms with Crippen molar-refractivity contribution in [2.45, 2.75) is 37.9 Å². The quantitative estimate of drug-likeness (QED) is 0.717. The Morgan fingerprint density at radius 1 is 1.61 bits per heavy atom. The van der Waals surface area contributed by atoms with Crippen LogP contribution in [0.2, 0.25) is 0 Å². The Labute approximate surface area is 103 Å². The van der Waals surface area contributed by atoms with E-state index in [2.05, 4.69) is 9.97 Å². The molecule has 2 fully saturated rings. The molecule has 0 aromatic carbocycles. The van der Waals surface area contributed by atoms with Crippen molar-refractivity contribution < 1.29 is 14.8 Å². The molecule has 2 aliphatic heterocycles. The maximum absolute atomic E-state index is 12.0. The van der Waals surface area contributed by atoms with E-state index in [1.54, 1.807) is 13.1 Å². The van der Waals surface area contributed by atoms with Gasteiger partial charge in [0.05, 0.1) is 6.33 Å². The van der Waals surface area contributed by atoms with E-state index in [0.29, 0.717) is 24.3 Å². The number of aromatic nitrogens is 2. The van der Waals surface area contributed by atoms with Gasteiger partial charge in [-0.1, -0.05) is 0 Å². The summed E-state index contributed by atoms with van der Waals surface area (Å²) >= 11 is 0. The summed E-state index contributed by atoms with van der Waals surface area (Å²) in [7, 11) is 0. The fourth-order valence-electron chi connectivity index (χ4n) is 2.84. The number of imidazole rings is 1. The lowest BCUT2D eigenvalue weighted by Crippen LogP contribution is -2.48. The molecule has 0 unspecified atom stereocenters. The number of carbonyl (C=O) groups excluding carboxylic acids is 2. The van der Waals surface area contributed by atoms with Gasteiger partial charge in [0, 0.05) is 31.2 Å². The number of hydrogen-bond donors (Lipinski definition) is 2. The van der Waals surface area contributed by atoms with Crippen molar-refractivity contribution in [2.24, 2.45) is 0 Å². The predicted molar refractivity (Wildman–Crippen MR) is 59.2 cm³/mol. The maximum atomic E-state index is 12.0. The van der Waals surface area contributed by atoms with Crippen LogP contribution in [0, 0.1) is 0 Å². The monoisotopic (exact) mass is 250 g/mol. The molecule has 0 radical (unpaired) electrons. The topological polar surface area (TPSA) is 89.5 Å². The zero-order valence-electron chi connectivity index (χ0n) is 9.96. The minimum Gasteiger partial charge on any atom is -0.348 e. The zero-order valence-corrected chi connectivity index (χ0v) is 9.96. The average Bonchev–Trinajstić information content (AvgIpc) is 2.98. The van der Waals surface area contributed by atoms with Gasteiger partial charge in [0.15, 0.2) is 0 Å². The Bertz CT molecular complexity index is 500. The third kappa shape index (κ3) is 1.30. The average molecular weight is 250 g/mol. The molecule has 1 aromatic heterocycles. The van der Waals surface area contributed by atoms with Crippen LogP contribution in [0.15, 0.2) is 12.5 Å². The van der Waals surface area contributed by atoms with E-state index >= 15 is 0 Å². The second kappa shape index (κ2) is 3.55. The number of rotatable bonds is 2. The first-order valence-corrected chi connectivity index (χ1v) is 5.86. The highest BCUT2D eigenvalue weighted by Crippen LogP contribution is 2.40. The third-order valence-electron chi connectivity index (χ3n) is 3.83.